The summed E-state index contributed by atoms with van der Waals surface area (Å²) in [6.07, 6.45) is 1.86. The minimum atomic E-state index is -1.07. The quantitative estimate of drug-likeness (QED) is 0.555. The number of ether oxygens (including phenoxy) is 1. The van der Waals surface area contributed by atoms with E-state index in [4.69, 9.17) is 19.0 Å². The first-order valence-electron chi connectivity index (χ1n) is 9.79. The van der Waals surface area contributed by atoms with Gasteiger partial charge in [-0.25, -0.2) is 4.98 Å². The maximum absolute atomic E-state index is 6.16. The Morgan fingerprint density at radius 2 is 1.74 bits per heavy atom. The van der Waals surface area contributed by atoms with E-state index in [2.05, 4.69) is 71.0 Å². The summed E-state index contributed by atoms with van der Waals surface area (Å²) < 4.78 is 20.4. The molecule has 5 nitrogen and oxygen atoms in total. The second-order valence-electron chi connectivity index (χ2n) is 9.83. The minimum Gasteiger partial charge on any atom is -0.399 e. The van der Waals surface area contributed by atoms with E-state index in [0.29, 0.717) is 6.73 Å². The molecule has 1 saturated heterocycles. The molecule has 0 atom stereocenters. The van der Waals surface area contributed by atoms with Crippen LogP contribution < -0.4 is 5.46 Å². The van der Waals surface area contributed by atoms with Crippen LogP contribution in [0.4, 0.5) is 0 Å². The van der Waals surface area contributed by atoms with Crippen molar-refractivity contribution in [3.63, 3.8) is 0 Å². The lowest BCUT2D eigenvalue weighted by molar-refractivity contribution is 0.00578. The van der Waals surface area contributed by atoms with Crippen molar-refractivity contribution in [3.8, 4) is 0 Å². The second-order valence-corrected chi connectivity index (χ2v) is 15.5. The summed E-state index contributed by atoms with van der Waals surface area (Å²) in [5, 5.41) is 1.09. The zero-order chi connectivity index (χ0) is 20.0. The monoisotopic (exact) mass is 388 g/mol. The van der Waals surface area contributed by atoms with Crippen LogP contribution in [0.15, 0.2) is 18.3 Å². The van der Waals surface area contributed by atoms with Crippen LogP contribution in [0.3, 0.4) is 0 Å². The van der Waals surface area contributed by atoms with Gasteiger partial charge in [-0.2, -0.15) is 0 Å². The van der Waals surface area contributed by atoms with Gasteiger partial charge >= 0.3 is 7.12 Å². The summed E-state index contributed by atoms with van der Waals surface area (Å²) >= 11 is 0. The van der Waals surface area contributed by atoms with Gasteiger partial charge in [0.05, 0.1) is 11.2 Å². The summed E-state index contributed by atoms with van der Waals surface area (Å²) in [5.41, 5.74) is 2.35. The van der Waals surface area contributed by atoms with Gasteiger partial charge < -0.3 is 18.6 Å². The van der Waals surface area contributed by atoms with E-state index in [1.165, 1.54) is 6.04 Å². The zero-order valence-corrected chi connectivity index (χ0v) is 19.0. The number of nitrogens with zero attached hydrogens (tertiary/aromatic N) is 2. The molecule has 1 fully saturated rings. The van der Waals surface area contributed by atoms with Gasteiger partial charge in [0, 0.05) is 37.4 Å². The van der Waals surface area contributed by atoms with Crippen LogP contribution in [-0.4, -0.2) is 42.6 Å². The summed E-state index contributed by atoms with van der Waals surface area (Å²) in [6.45, 7) is 18.8. The van der Waals surface area contributed by atoms with Gasteiger partial charge in [-0.15, -0.1) is 0 Å². The number of hydrogen-bond donors (Lipinski definition) is 0. The van der Waals surface area contributed by atoms with Crippen molar-refractivity contribution in [2.45, 2.75) is 78.2 Å². The second kappa shape index (κ2) is 7.03. The highest BCUT2D eigenvalue weighted by atomic mass is 28.3. The van der Waals surface area contributed by atoms with Gasteiger partial charge in [0.1, 0.15) is 12.4 Å². The Morgan fingerprint density at radius 3 is 2.33 bits per heavy atom. The fourth-order valence-corrected chi connectivity index (χ4v) is 3.86. The number of fused-ring (bicyclic) bond motifs is 1. The molecule has 0 aliphatic carbocycles. The Hall–Kier alpha value is -1.15. The molecule has 27 heavy (non-hydrogen) atoms. The molecular weight excluding hydrogens is 355 g/mol. The largest absolute Gasteiger partial charge is 0.496 e. The van der Waals surface area contributed by atoms with Gasteiger partial charge in [0.15, 0.2) is 0 Å². The molecule has 1 aliphatic rings. The fraction of sp³-hybridized carbons (Fsp3) is 0.650. The predicted octanol–water partition coefficient (Wildman–Crippen LogP) is 3.96. The summed E-state index contributed by atoms with van der Waals surface area (Å²) in [6, 6.07) is 5.44. The summed E-state index contributed by atoms with van der Waals surface area (Å²) in [7, 11) is -1.46. The minimum absolute atomic E-state index is 0.349. The predicted molar refractivity (Wildman–Crippen MR) is 114 cm³/mol. The van der Waals surface area contributed by atoms with Crippen molar-refractivity contribution < 1.29 is 14.0 Å². The van der Waals surface area contributed by atoms with Crippen LogP contribution in [0.2, 0.25) is 25.7 Å². The van der Waals surface area contributed by atoms with E-state index in [9.17, 15) is 0 Å². The Labute approximate surface area is 164 Å². The molecule has 0 bridgehead atoms. The lowest BCUT2D eigenvalue weighted by atomic mass is 9.80. The molecule has 2 aromatic heterocycles. The van der Waals surface area contributed by atoms with Gasteiger partial charge in [0.25, 0.3) is 0 Å². The van der Waals surface area contributed by atoms with Crippen molar-refractivity contribution >= 4 is 31.7 Å². The molecule has 7 heteroatoms. The van der Waals surface area contributed by atoms with Gasteiger partial charge in [-0.05, 0) is 52.8 Å². The fourth-order valence-electron chi connectivity index (χ4n) is 3.10. The smallest absolute Gasteiger partial charge is 0.399 e. The highest BCUT2D eigenvalue weighted by Crippen LogP contribution is 2.36. The van der Waals surface area contributed by atoms with E-state index in [0.717, 1.165) is 28.8 Å². The molecule has 2 aromatic rings. The lowest BCUT2D eigenvalue weighted by Gasteiger charge is -2.32. The third-order valence-electron chi connectivity index (χ3n) is 5.70. The number of pyridine rings is 1. The molecule has 1 aliphatic heterocycles. The maximum Gasteiger partial charge on any atom is 0.496 e. The topological polar surface area (TPSA) is 45.5 Å². The lowest BCUT2D eigenvalue weighted by Crippen LogP contribution is -2.41. The Bertz CT molecular complexity index is 810. The number of rotatable bonds is 6. The van der Waals surface area contributed by atoms with Gasteiger partial charge in [-0.3, -0.25) is 0 Å². The maximum atomic E-state index is 6.16. The van der Waals surface area contributed by atoms with E-state index in [-0.39, 0.29) is 18.3 Å². The Balaban J connectivity index is 1.76. The zero-order valence-electron chi connectivity index (χ0n) is 18.0. The van der Waals surface area contributed by atoms with Crippen LogP contribution >= 0.6 is 0 Å². The van der Waals surface area contributed by atoms with E-state index in [1.54, 1.807) is 0 Å². The van der Waals surface area contributed by atoms with Crippen molar-refractivity contribution in [3.05, 3.63) is 24.0 Å². The van der Waals surface area contributed by atoms with Crippen LogP contribution in [0.25, 0.3) is 11.0 Å². The highest BCUT2D eigenvalue weighted by Gasteiger charge is 2.51. The molecular formula is C20H33BN2O3Si. The van der Waals surface area contributed by atoms with Crippen molar-refractivity contribution in [1.82, 2.24) is 9.55 Å². The van der Waals surface area contributed by atoms with Crippen molar-refractivity contribution in [1.29, 1.82) is 0 Å². The highest BCUT2D eigenvalue weighted by molar-refractivity contribution is 6.76. The first-order valence-corrected chi connectivity index (χ1v) is 13.5. The third-order valence-corrected chi connectivity index (χ3v) is 7.41. The number of hydrogen-bond acceptors (Lipinski definition) is 4. The number of aryl methyl sites for hydroxylation is 1. The van der Waals surface area contributed by atoms with Crippen LogP contribution in [0.1, 0.15) is 33.4 Å². The van der Waals surface area contributed by atoms with Gasteiger partial charge in [-0.1, -0.05) is 19.6 Å². The molecule has 0 saturated carbocycles. The molecule has 0 amide bonds. The first-order chi connectivity index (χ1) is 12.4. The van der Waals surface area contributed by atoms with Crippen molar-refractivity contribution in [2.75, 3.05) is 6.61 Å². The number of aromatic nitrogens is 2. The average molecular weight is 388 g/mol. The Kier molecular flexibility index (Phi) is 5.36. The first kappa shape index (κ1) is 20.6. The molecule has 0 unspecified atom stereocenters. The average Bonchev–Trinajstić information content (AvgIpc) is 2.94. The summed E-state index contributed by atoms with van der Waals surface area (Å²) in [4.78, 5) is 4.70. The molecule has 3 heterocycles. The van der Waals surface area contributed by atoms with E-state index < -0.39 is 8.07 Å². The van der Waals surface area contributed by atoms with Gasteiger partial charge in [0.2, 0.25) is 0 Å². The summed E-state index contributed by atoms with van der Waals surface area (Å²) in [5.74, 6) is 0. The van der Waals surface area contributed by atoms with Crippen LogP contribution in [0.5, 0.6) is 0 Å². The van der Waals surface area contributed by atoms with Crippen molar-refractivity contribution in [2.24, 2.45) is 0 Å². The van der Waals surface area contributed by atoms with Crippen LogP contribution in [-0.2, 0) is 20.8 Å². The molecule has 0 aromatic carbocycles. The molecule has 0 radical (unpaired) electrons. The normalized spacial score (nSPS) is 19.2. The molecule has 0 spiro atoms. The third kappa shape index (κ3) is 4.31. The standard InChI is InChI=1S/C20H33BN2O3Si/c1-15-11-16-12-17(21-25-19(2,3)20(4,5)26-21)13-22-18(16)23(15)14-24-9-10-27(6,7)8/h11-13H,9-10,14H2,1-8H3. The molecule has 0 N–H and O–H groups in total. The SMILES string of the molecule is Cc1cc2cc(B3OC(C)(C)C(C)(C)O3)cnc2n1COCC[Si](C)(C)C. The van der Waals surface area contributed by atoms with Crippen LogP contribution in [0, 0.1) is 6.92 Å². The molecule has 3 rings (SSSR count). The Morgan fingerprint density at radius 1 is 1.11 bits per heavy atom. The van der Waals surface area contributed by atoms with E-state index >= 15 is 0 Å². The van der Waals surface area contributed by atoms with E-state index in [1.807, 2.05) is 6.20 Å². The molecule has 148 valence electrons.